The van der Waals surface area contributed by atoms with Crippen molar-refractivity contribution in [1.29, 1.82) is 5.26 Å². The zero-order chi connectivity index (χ0) is 11.5. The van der Waals surface area contributed by atoms with Crippen molar-refractivity contribution < 1.29 is 4.84 Å². The van der Waals surface area contributed by atoms with Crippen molar-refractivity contribution in [2.75, 3.05) is 7.11 Å². The van der Waals surface area contributed by atoms with E-state index in [9.17, 15) is 0 Å². The third-order valence-electron chi connectivity index (χ3n) is 2.29. The molecule has 2 aromatic rings. The molecule has 16 heavy (non-hydrogen) atoms. The van der Waals surface area contributed by atoms with Crippen LogP contribution < -0.4 is 4.84 Å². The lowest BCUT2D eigenvalue weighted by Crippen LogP contribution is -2.05. The van der Waals surface area contributed by atoms with Gasteiger partial charge in [0.05, 0.1) is 5.56 Å². The van der Waals surface area contributed by atoms with Gasteiger partial charge in [-0.1, -0.05) is 23.7 Å². The maximum Gasteiger partial charge on any atom is 0.104 e. The van der Waals surface area contributed by atoms with Gasteiger partial charge in [0.1, 0.15) is 18.9 Å². The van der Waals surface area contributed by atoms with Gasteiger partial charge in [0.25, 0.3) is 0 Å². The molecule has 0 aliphatic rings. The fourth-order valence-corrected chi connectivity index (χ4v) is 1.67. The minimum atomic E-state index is 0.573. The van der Waals surface area contributed by atoms with Gasteiger partial charge >= 0.3 is 0 Å². The third kappa shape index (κ3) is 1.75. The number of aromatic nitrogens is 1. The Balaban J connectivity index is 2.58. The van der Waals surface area contributed by atoms with Crippen molar-refractivity contribution in [2.45, 2.75) is 0 Å². The van der Waals surface area contributed by atoms with Crippen LogP contribution in [0, 0.1) is 11.3 Å². The number of rotatable bonds is 2. The van der Waals surface area contributed by atoms with E-state index in [0.29, 0.717) is 10.6 Å². The number of hydrogen-bond acceptors (Lipinski definition) is 2. The molecule has 1 aromatic carbocycles. The third-order valence-corrected chi connectivity index (χ3v) is 2.54. The molecule has 2 rings (SSSR count). The van der Waals surface area contributed by atoms with E-state index in [1.807, 2.05) is 12.1 Å². The summed E-state index contributed by atoms with van der Waals surface area (Å²) < 4.78 is 1.56. The first-order chi connectivity index (χ1) is 7.76. The van der Waals surface area contributed by atoms with Gasteiger partial charge in [-0.2, -0.15) is 9.99 Å². The predicted molar refractivity (Wildman–Crippen MR) is 62.1 cm³/mol. The number of halogens is 1. The van der Waals surface area contributed by atoms with Crippen LogP contribution >= 0.6 is 11.6 Å². The Hall–Kier alpha value is -1.92. The van der Waals surface area contributed by atoms with E-state index in [1.165, 1.54) is 0 Å². The van der Waals surface area contributed by atoms with Crippen LogP contribution in [0.25, 0.3) is 11.3 Å². The first-order valence-electron chi connectivity index (χ1n) is 4.68. The molecule has 0 aliphatic carbocycles. The minimum absolute atomic E-state index is 0.573. The van der Waals surface area contributed by atoms with Crippen LogP contribution in [0.2, 0.25) is 5.02 Å². The lowest BCUT2D eigenvalue weighted by molar-refractivity contribution is 0.172. The van der Waals surface area contributed by atoms with Crippen molar-refractivity contribution in [3.05, 3.63) is 47.1 Å². The van der Waals surface area contributed by atoms with Crippen molar-refractivity contribution in [3.63, 3.8) is 0 Å². The maximum absolute atomic E-state index is 9.00. The molecular formula is C12H9ClN2O. The molecule has 0 radical (unpaired) electrons. The molecule has 80 valence electrons. The Labute approximate surface area is 98.4 Å². The molecule has 0 unspecified atom stereocenters. The fourth-order valence-electron chi connectivity index (χ4n) is 1.55. The van der Waals surface area contributed by atoms with Gasteiger partial charge in [-0.15, -0.1) is 0 Å². The van der Waals surface area contributed by atoms with E-state index >= 15 is 0 Å². The largest absolute Gasteiger partial charge is 0.417 e. The smallest absolute Gasteiger partial charge is 0.104 e. The van der Waals surface area contributed by atoms with Crippen LogP contribution in [0.4, 0.5) is 0 Å². The molecular weight excluding hydrogens is 224 g/mol. The molecule has 0 bridgehead atoms. The Morgan fingerprint density at radius 3 is 2.50 bits per heavy atom. The van der Waals surface area contributed by atoms with Crippen LogP contribution in [0.15, 0.2) is 36.5 Å². The van der Waals surface area contributed by atoms with Crippen LogP contribution in [0.1, 0.15) is 5.56 Å². The summed E-state index contributed by atoms with van der Waals surface area (Å²) >= 11 is 5.82. The highest BCUT2D eigenvalue weighted by atomic mass is 35.5. The lowest BCUT2D eigenvalue weighted by atomic mass is 10.1. The monoisotopic (exact) mass is 232 g/mol. The number of hydrogen-bond donors (Lipinski definition) is 0. The zero-order valence-electron chi connectivity index (χ0n) is 8.64. The molecule has 0 spiro atoms. The van der Waals surface area contributed by atoms with Gasteiger partial charge in [-0.25, -0.2) is 0 Å². The van der Waals surface area contributed by atoms with E-state index in [-0.39, 0.29) is 0 Å². The van der Waals surface area contributed by atoms with E-state index in [4.69, 9.17) is 21.7 Å². The highest BCUT2D eigenvalue weighted by molar-refractivity contribution is 6.30. The van der Waals surface area contributed by atoms with Gasteiger partial charge in [0, 0.05) is 16.8 Å². The summed E-state index contributed by atoms with van der Waals surface area (Å²) in [5.74, 6) is 0. The Morgan fingerprint density at radius 2 is 1.94 bits per heavy atom. The van der Waals surface area contributed by atoms with Crippen LogP contribution in [-0.2, 0) is 0 Å². The van der Waals surface area contributed by atoms with Crippen LogP contribution in [0.5, 0.6) is 0 Å². The highest BCUT2D eigenvalue weighted by Gasteiger charge is 2.11. The summed E-state index contributed by atoms with van der Waals surface area (Å²) in [6.07, 6.45) is 1.71. The van der Waals surface area contributed by atoms with Crippen molar-refractivity contribution in [3.8, 4) is 17.3 Å². The van der Waals surface area contributed by atoms with Crippen molar-refractivity contribution in [1.82, 2.24) is 4.73 Å². The van der Waals surface area contributed by atoms with E-state index < -0.39 is 0 Å². The summed E-state index contributed by atoms with van der Waals surface area (Å²) in [6.45, 7) is 0. The fraction of sp³-hybridized carbons (Fsp3) is 0.0833. The average Bonchev–Trinajstić information content (AvgIpc) is 2.73. The molecule has 3 nitrogen and oxygen atoms in total. The first-order valence-corrected chi connectivity index (χ1v) is 5.06. The topological polar surface area (TPSA) is 38.0 Å². The second-order valence-electron chi connectivity index (χ2n) is 3.21. The Morgan fingerprint density at radius 1 is 1.25 bits per heavy atom. The molecule has 1 aromatic heterocycles. The summed E-state index contributed by atoms with van der Waals surface area (Å²) in [5.41, 5.74) is 2.21. The molecule has 0 atom stereocenters. The normalized spacial score (nSPS) is 9.81. The Bertz CT molecular complexity index is 537. The highest BCUT2D eigenvalue weighted by Crippen LogP contribution is 2.25. The standard InChI is InChI=1S/C12H9ClN2O/c1-16-15-7-6-10(8-14)12(15)9-2-4-11(13)5-3-9/h2-7H,1H3. The molecule has 0 saturated heterocycles. The number of benzene rings is 1. The first kappa shape index (κ1) is 10.6. The van der Waals surface area contributed by atoms with E-state index in [0.717, 1.165) is 11.3 Å². The summed E-state index contributed by atoms with van der Waals surface area (Å²) in [7, 11) is 1.56. The van der Waals surface area contributed by atoms with Gasteiger partial charge in [-0.05, 0) is 18.2 Å². The Kier molecular flexibility index (Phi) is 2.84. The van der Waals surface area contributed by atoms with Gasteiger partial charge in [-0.3, -0.25) is 0 Å². The summed E-state index contributed by atoms with van der Waals surface area (Å²) in [6, 6.07) is 11.1. The molecule has 1 heterocycles. The molecule has 0 N–H and O–H groups in total. The van der Waals surface area contributed by atoms with Crippen molar-refractivity contribution in [2.24, 2.45) is 0 Å². The molecule has 0 saturated carbocycles. The second kappa shape index (κ2) is 4.30. The van der Waals surface area contributed by atoms with Gasteiger partial charge < -0.3 is 4.84 Å². The quantitative estimate of drug-likeness (QED) is 0.799. The lowest BCUT2D eigenvalue weighted by Gasteiger charge is -2.07. The van der Waals surface area contributed by atoms with Crippen LogP contribution in [-0.4, -0.2) is 11.8 Å². The number of nitrogens with zero attached hydrogens (tertiary/aromatic N) is 2. The van der Waals surface area contributed by atoms with Crippen molar-refractivity contribution >= 4 is 11.6 Å². The molecule has 0 fully saturated rings. The zero-order valence-corrected chi connectivity index (χ0v) is 9.40. The van der Waals surface area contributed by atoms with Gasteiger partial charge in [0.2, 0.25) is 0 Å². The van der Waals surface area contributed by atoms with E-state index in [1.54, 1.807) is 36.2 Å². The van der Waals surface area contributed by atoms with Crippen LogP contribution in [0.3, 0.4) is 0 Å². The minimum Gasteiger partial charge on any atom is -0.417 e. The second-order valence-corrected chi connectivity index (χ2v) is 3.64. The average molecular weight is 233 g/mol. The molecule has 0 amide bonds. The number of nitriles is 1. The predicted octanol–water partition coefficient (Wildman–Crippen LogP) is 2.74. The SMILES string of the molecule is COn1ccc(C#N)c1-c1ccc(Cl)cc1. The summed E-state index contributed by atoms with van der Waals surface area (Å²) in [5, 5.41) is 9.66. The molecule has 4 heteroatoms. The summed E-state index contributed by atoms with van der Waals surface area (Å²) in [4.78, 5) is 5.15. The van der Waals surface area contributed by atoms with Gasteiger partial charge in [0.15, 0.2) is 0 Å². The molecule has 0 aliphatic heterocycles. The maximum atomic E-state index is 9.00. The van der Waals surface area contributed by atoms with E-state index in [2.05, 4.69) is 6.07 Å².